The normalized spacial score (nSPS) is 24.5. The molecule has 0 bridgehead atoms. The highest BCUT2D eigenvalue weighted by Crippen LogP contribution is 2.33. The summed E-state index contributed by atoms with van der Waals surface area (Å²) in [5, 5.41) is 3.58. The van der Waals surface area contributed by atoms with E-state index in [1.807, 2.05) is 19.3 Å². The standard InChI is InChI=1S/C24H32N2O3/c1-18(27-2)20(19-8-4-3-5-9-19)12-14-26-15-13-25-16-23(26)22-17-28-29-24-11-7-6-10-21(22)24/h3-9,11,18,20,23,25H,10,12-17H2,1-2H3. The van der Waals surface area contributed by atoms with Crippen molar-refractivity contribution < 1.29 is 14.5 Å². The highest BCUT2D eigenvalue weighted by molar-refractivity contribution is 5.42. The number of nitrogens with one attached hydrogen (secondary N) is 1. The van der Waals surface area contributed by atoms with Crippen molar-refractivity contribution in [3.8, 4) is 0 Å². The lowest BCUT2D eigenvalue weighted by Crippen LogP contribution is -2.53. The Morgan fingerprint density at radius 1 is 1.28 bits per heavy atom. The molecule has 0 radical (unpaired) electrons. The van der Waals surface area contributed by atoms with Gasteiger partial charge in [-0.2, -0.15) is 4.89 Å². The van der Waals surface area contributed by atoms with Crippen molar-refractivity contribution in [1.29, 1.82) is 0 Å². The third-order valence-electron chi connectivity index (χ3n) is 6.40. The first kappa shape index (κ1) is 20.4. The van der Waals surface area contributed by atoms with Crippen LogP contribution in [0.4, 0.5) is 0 Å². The summed E-state index contributed by atoms with van der Waals surface area (Å²) in [6.45, 7) is 6.77. The maximum Gasteiger partial charge on any atom is 0.169 e. The smallest absolute Gasteiger partial charge is 0.169 e. The number of benzene rings is 1. The van der Waals surface area contributed by atoms with Crippen molar-refractivity contribution in [2.75, 3.05) is 39.9 Å². The van der Waals surface area contributed by atoms with Crippen LogP contribution < -0.4 is 5.32 Å². The summed E-state index contributed by atoms with van der Waals surface area (Å²) < 4.78 is 5.73. The molecule has 1 aromatic rings. The second-order valence-electron chi connectivity index (χ2n) is 8.02. The fourth-order valence-corrected chi connectivity index (χ4v) is 4.65. The summed E-state index contributed by atoms with van der Waals surface area (Å²) in [6, 6.07) is 11.1. The van der Waals surface area contributed by atoms with Crippen molar-refractivity contribution in [3.05, 3.63) is 71.0 Å². The van der Waals surface area contributed by atoms with E-state index < -0.39 is 0 Å². The molecule has 1 N–H and O–H groups in total. The molecular formula is C24H32N2O3. The molecule has 1 aromatic carbocycles. The molecule has 29 heavy (non-hydrogen) atoms. The maximum absolute atomic E-state index is 5.73. The Balaban J connectivity index is 1.51. The van der Waals surface area contributed by atoms with Gasteiger partial charge in [0.15, 0.2) is 5.76 Å². The monoisotopic (exact) mass is 396 g/mol. The van der Waals surface area contributed by atoms with Gasteiger partial charge >= 0.3 is 0 Å². The van der Waals surface area contributed by atoms with E-state index in [4.69, 9.17) is 14.5 Å². The lowest BCUT2D eigenvalue weighted by molar-refractivity contribution is -0.260. The van der Waals surface area contributed by atoms with Gasteiger partial charge in [-0.3, -0.25) is 4.90 Å². The van der Waals surface area contributed by atoms with E-state index in [-0.39, 0.29) is 6.10 Å². The minimum Gasteiger partial charge on any atom is -0.381 e. The quantitative estimate of drug-likeness (QED) is 0.714. The Hall–Kier alpha value is -1.92. The van der Waals surface area contributed by atoms with Crippen LogP contribution in [-0.4, -0.2) is 56.9 Å². The Morgan fingerprint density at radius 3 is 2.97 bits per heavy atom. The number of nitrogens with zero attached hydrogens (tertiary/aromatic N) is 1. The zero-order valence-corrected chi connectivity index (χ0v) is 17.5. The molecule has 2 aliphatic heterocycles. The molecule has 0 amide bonds. The number of methoxy groups -OCH3 is 1. The van der Waals surface area contributed by atoms with Crippen LogP contribution in [-0.2, 0) is 14.5 Å². The van der Waals surface area contributed by atoms with E-state index >= 15 is 0 Å². The third-order valence-corrected chi connectivity index (χ3v) is 6.40. The van der Waals surface area contributed by atoms with Gasteiger partial charge in [0, 0.05) is 44.3 Å². The van der Waals surface area contributed by atoms with Crippen molar-refractivity contribution >= 4 is 0 Å². The molecule has 1 aliphatic carbocycles. The molecule has 5 heteroatoms. The van der Waals surface area contributed by atoms with Gasteiger partial charge < -0.3 is 14.9 Å². The Labute approximate surface area is 173 Å². The highest BCUT2D eigenvalue weighted by atomic mass is 17.2. The van der Waals surface area contributed by atoms with Gasteiger partial charge in [-0.05, 0) is 43.5 Å². The lowest BCUT2D eigenvalue weighted by Gasteiger charge is -2.40. The summed E-state index contributed by atoms with van der Waals surface area (Å²) in [4.78, 5) is 13.5. The first-order valence-electron chi connectivity index (χ1n) is 10.7. The van der Waals surface area contributed by atoms with Gasteiger partial charge in [0.1, 0.15) is 6.61 Å². The number of rotatable bonds is 7. The summed E-state index contributed by atoms with van der Waals surface area (Å²) in [5.41, 5.74) is 4.00. The maximum atomic E-state index is 5.73. The molecule has 0 aromatic heterocycles. The van der Waals surface area contributed by atoms with E-state index in [9.17, 15) is 0 Å². The molecule has 3 atom stereocenters. The van der Waals surface area contributed by atoms with Crippen LogP contribution in [0.15, 0.2) is 65.5 Å². The zero-order valence-electron chi connectivity index (χ0n) is 17.5. The van der Waals surface area contributed by atoms with Crippen molar-refractivity contribution in [2.24, 2.45) is 0 Å². The largest absolute Gasteiger partial charge is 0.381 e. The van der Waals surface area contributed by atoms with Crippen LogP contribution in [0.1, 0.15) is 31.2 Å². The minimum atomic E-state index is 0.185. The predicted octanol–water partition coefficient (Wildman–Crippen LogP) is 3.57. The van der Waals surface area contributed by atoms with E-state index in [0.29, 0.717) is 18.6 Å². The summed E-state index contributed by atoms with van der Waals surface area (Å²) in [6.07, 6.45) is 8.41. The molecule has 1 saturated heterocycles. The average molecular weight is 397 g/mol. The van der Waals surface area contributed by atoms with Crippen LogP contribution in [0.3, 0.4) is 0 Å². The molecule has 4 rings (SSSR count). The van der Waals surface area contributed by atoms with E-state index in [2.05, 4.69) is 53.5 Å². The number of piperazine rings is 1. The second-order valence-corrected chi connectivity index (χ2v) is 8.02. The highest BCUT2D eigenvalue weighted by Gasteiger charge is 2.32. The van der Waals surface area contributed by atoms with Crippen LogP contribution >= 0.6 is 0 Å². The Bertz CT molecular complexity index is 772. The second kappa shape index (κ2) is 9.72. The van der Waals surface area contributed by atoms with Crippen molar-refractivity contribution in [2.45, 2.75) is 37.8 Å². The summed E-state index contributed by atoms with van der Waals surface area (Å²) >= 11 is 0. The number of ether oxygens (including phenoxy) is 1. The fourth-order valence-electron chi connectivity index (χ4n) is 4.65. The van der Waals surface area contributed by atoms with Crippen LogP contribution in [0.5, 0.6) is 0 Å². The molecule has 2 heterocycles. The van der Waals surface area contributed by atoms with Gasteiger partial charge in [0.25, 0.3) is 0 Å². The molecule has 0 spiro atoms. The number of allylic oxidation sites excluding steroid dienone is 4. The van der Waals surface area contributed by atoms with Crippen LogP contribution in [0.25, 0.3) is 0 Å². The third kappa shape index (κ3) is 4.64. The van der Waals surface area contributed by atoms with E-state index in [0.717, 1.165) is 44.8 Å². The molecule has 5 nitrogen and oxygen atoms in total. The van der Waals surface area contributed by atoms with Crippen molar-refractivity contribution in [1.82, 2.24) is 10.2 Å². The SMILES string of the molecule is COC(C)C(CCN1CCNCC1C1=C2CC=CC=C2OOC1)c1ccccc1. The minimum absolute atomic E-state index is 0.185. The first-order valence-corrected chi connectivity index (χ1v) is 10.7. The van der Waals surface area contributed by atoms with Gasteiger partial charge in [0.05, 0.1) is 6.10 Å². The summed E-state index contributed by atoms with van der Waals surface area (Å²) in [5.74, 6) is 1.25. The average Bonchev–Trinajstić information content (AvgIpc) is 2.79. The Kier molecular flexibility index (Phi) is 6.82. The van der Waals surface area contributed by atoms with Crippen LogP contribution in [0, 0.1) is 0 Å². The topological polar surface area (TPSA) is 43.0 Å². The zero-order chi connectivity index (χ0) is 20.1. The fraction of sp³-hybridized carbons (Fsp3) is 0.500. The first-order chi connectivity index (χ1) is 14.3. The van der Waals surface area contributed by atoms with E-state index in [1.54, 1.807) is 0 Å². The van der Waals surface area contributed by atoms with Crippen LogP contribution in [0.2, 0.25) is 0 Å². The molecule has 1 fully saturated rings. The van der Waals surface area contributed by atoms with E-state index in [1.165, 1.54) is 16.7 Å². The predicted molar refractivity (Wildman–Crippen MR) is 114 cm³/mol. The van der Waals surface area contributed by atoms with Gasteiger partial charge in [-0.15, -0.1) is 0 Å². The summed E-state index contributed by atoms with van der Waals surface area (Å²) in [7, 11) is 1.81. The van der Waals surface area contributed by atoms with Gasteiger partial charge in [-0.1, -0.05) is 42.5 Å². The van der Waals surface area contributed by atoms with Gasteiger partial charge in [0.2, 0.25) is 0 Å². The molecule has 3 aliphatic rings. The number of hydrogen-bond donors (Lipinski definition) is 1. The lowest BCUT2D eigenvalue weighted by atomic mass is 9.89. The van der Waals surface area contributed by atoms with Crippen molar-refractivity contribution in [3.63, 3.8) is 0 Å². The molecular weight excluding hydrogens is 364 g/mol. The Morgan fingerprint density at radius 2 is 2.14 bits per heavy atom. The molecule has 3 unspecified atom stereocenters. The number of fused-ring (bicyclic) bond motifs is 1. The number of hydrogen-bond acceptors (Lipinski definition) is 5. The molecule has 156 valence electrons. The molecule has 0 saturated carbocycles. The van der Waals surface area contributed by atoms with Gasteiger partial charge in [-0.25, -0.2) is 0 Å².